The Morgan fingerprint density at radius 1 is 0.404 bits per heavy atom. The molecule has 2 aromatic heterocycles. The van der Waals surface area contributed by atoms with Crippen molar-refractivity contribution in [2.75, 3.05) is 4.90 Å². The summed E-state index contributed by atoms with van der Waals surface area (Å²) in [7, 11) is 0. The number of para-hydroxylation sites is 1. The third kappa shape index (κ3) is 4.10. The van der Waals surface area contributed by atoms with E-state index in [2.05, 4.69) is 179 Å². The van der Waals surface area contributed by atoms with Crippen LogP contribution in [0.1, 0.15) is 0 Å². The highest BCUT2D eigenvalue weighted by Crippen LogP contribution is 2.46. The lowest BCUT2D eigenvalue weighted by Gasteiger charge is -2.27. The zero-order chi connectivity index (χ0) is 30.9. The predicted molar refractivity (Wildman–Crippen MR) is 203 cm³/mol. The maximum Gasteiger partial charge on any atom is 0.0561 e. The Bertz CT molecular complexity index is 2810. The highest BCUT2D eigenvalue weighted by atomic mass is 32.1. The Morgan fingerprint density at radius 2 is 1.04 bits per heavy atom. The fourth-order valence-corrected chi connectivity index (χ4v) is 8.50. The Hall–Kier alpha value is -5.90. The summed E-state index contributed by atoms with van der Waals surface area (Å²) in [4.78, 5) is 2.46. The molecule has 220 valence electrons. The standard InChI is InChI=1S/C44H28N2S/c1-2-15-33(16-3-1)46-40-27-32-14-7-6-13-31(32)26-38(40)36-24-23-35(28-41(36)46)45(34-22-21-29-11-4-5-12-30(29)25-34)39-18-10-20-43-44(39)37-17-8-9-19-42(37)47-43/h1-28H. The lowest BCUT2D eigenvalue weighted by atomic mass is 10.0. The van der Waals surface area contributed by atoms with E-state index in [1.54, 1.807) is 0 Å². The van der Waals surface area contributed by atoms with Gasteiger partial charge in [-0.2, -0.15) is 0 Å². The lowest BCUT2D eigenvalue weighted by Crippen LogP contribution is -2.10. The third-order valence-corrected chi connectivity index (χ3v) is 10.6. The molecule has 0 atom stereocenters. The molecular weight excluding hydrogens is 589 g/mol. The van der Waals surface area contributed by atoms with Gasteiger partial charge in [-0.15, -0.1) is 11.3 Å². The van der Waals surface area contributed by atoms with E-state index in [1.165, 1.54) is 69.2 Å². The second-order valence-electron chi connectivity index (χ2n) is 12.2. The number of benzene rings is 8. The number of hydrogen-bond acceptors (Lipinski definition) is 2. The van der Waals surface area contributed by atoms with Gasteiger partial charge in [0.05, 0.1) is 16.7 Å². The van der Waals surface area contributed by atoms with Gasteiger partial charge in [-0.25, -0.2) is 0 Å². The van der Waals surface area contributed by atoms with Gasteiger partial charge in [0.25, 0.3) is 0 Å². The van der Waals surface area contributed by atoms with Crippen molar-refractivity contribution in [2.24, 2.45) is 0 Å². The number of aromatic nitrogens is 1. The van der Waals surface area contributed by atoms with Crippen molar-refractivity contribution in [1.29, 1.82) is 0 Å². The van der Waals surface area contributed by atoms with Crippen LogP contribution in [0, 0.1) is 0 Å². The van der Waals surface area contributed by atoms with Crippen molar-refractivity contribution >= 4 is 91.9 Å². The first-order valence-electron chi connectivity index (χ1n) is 16.0. The summed E-state index contributed by atoms with van der Waals surface area (Å²) < 4.78 is 5.03. The maximum atomic E-state index is 2.46. The molecule has 0 bridgehead atoms. The molecule has 8 aromatic carbocycles. The van der Waals surface area contributed by atoms with Crippen LogP contribution in [0.15, 0.2) is 170 Å². The molecule has 0 unspecified atom stereocenters. The summed E-state index contributed by atoms with van der Waals surface area (Å²) in [6.07, 6.45) is 0. The summed E-state index contributed by atoms with van der Waals surface area (Å²) in [5.74, 6) is 0. The second-order valence-corrected chi connectivity index (χ2v) is 13.3. The molecule has 0 amide bonds. The fourth-order valence-electron chi connectivity index (χ4n) is 7.37. The first-order valence-corrected chi connectivity index (χ1v) is 16.8. The largest absolute Gasteiger partial charge is 0.310 e. The monoisotopic (exact) mass is 616 g/mol. The van der Waals surface area contributed by atoms with E-state index in [9.17, 15) is 0 Å². The van der Waals surface area contributed by atoms with Crippen molar-refractivity contribution in [2.45, 2.75) is 0 Å². The molecule has 0 aliphatic rings. The molecular formula is C44H28N2S. The van der Waals surface area contributed by atoms with Gasteiger partial charge in [0.1, 0.15) is 0 Å². The van der Waals surface area contributed by atoms with Gasteiger partial charge in [0.2, 0.25) is 0 Å². The summed E-state index contributed by atoms with van der Waals surface area (Å²) in [6, 6.07) is 62.1. The smallest absolute Gasteiger partial charge is 0.0561 e. The number of thiophene rings is 1. The molecule has 0 saturated carbocycles. The first kappa shape index (κ1) is 26.3. The Kier molecular flexibility index (Phi) is 5.78. The fraction of sp³-hybridized carbons (Fsp3) is 0. The van der Waals surface area contributed by atoms with E-state index in [4.69, 9.17) is 0 Å². The quantitative estimate of drug-likeness (QED) is 0.191. The molecule has 0 fully saturated rings. The molecule has 2 nitrogen and oxygen atoms in total. The molecule has 0 N–H and O–H groups in total. The summed E-state index contributed by atoms with van der Waals surface area (Å²) in [5.41, 5.74) is 7.00. The van der Waals surface area contributed by atoms with Crippen LogP contribution in [-0.2, 0) is 0 Å². The van der Waals surface area contributed by atoms with E-state index in [0.29, 0.717) is 0 Å². The summed E-state index contributed by atoms with van der Waals surface area (Å²) in [6.45, 7) is 0. The number of nitrogens with zero attached hydrogens (tertiary/aromatic N) is 2. The van der Waals surface area contributed by atoms with Crippen molar-refractivity contribution in [1.82, 2.24) is 4.57 Å². The summed E-state index contributed by atoms with van der Waals surface area (Å²) in [5, 5.41) is 10.1. The van der Waals surface area contributed by atoms with Crippen molar-refractivity contribution in [3.05, 3.63) is 170 Å². The Morgan fingerprint density at radius 3 is 1.89 bits per heavy atom. The minimum atomic E-state index is 1.13. The second kappa shape index (κ2) is 10.3. The minimum absolute atomic E-state index is 1.13. The maximum absolute atomic E-state index is 2.46. The highest BCUT2D eigenvalue weighted by Gasteiger charge is 2.21. The minimum Gasteiger partial charge on any atom is -0.310 e. The molecule has 0 radical (unpaired) electrons. The molecule has 10 rings (SSSR count). The predicted octanol–water partition coefficient (Wildman–Crippen LogP) is 12.9. The lowest BCUT2D eigenvalue weighted by molar-refractivity contribution is 1.18. The van der Waals surface area contributed by atoms with E-state index in [-0.39, 0.29) is 0 Å². The van der Waals surface area contributed by atoms with Crippen LogP contribution in [0.25, 0.3) is 69.2 Å². The molecule has 0 spiro atoms. The molecule has 3 heteroatoms. The number of anilines is 3. The highest BCUT2D eigenvalue weighted by molar-refractivity contribution is 7.26. The van der Waals surface area contributed by atoms with Gasteiger partial charge >= 0.3 is 0 Å². The number of fused-ring (bicyclic) bond motifs is 8. The normalized spacial score (nSPS) is 11.8. The average Bonchev–Trinajstić information content (AvgIpc) is 3.66. The van der Waals surface area contributed by atoms with E-state index < -0.39 is 0 Å². The van der Waals surface area contributed by atoms with Crippen LogP contribution in [0.2, 0.25) is 0 Å². The van der Waals surface area contributed by atoms with E-state index in [0.717, 1.165) is 17.1 Å². The SMILES string of the molecule is c1ccc(-n2c3cc(N(c4ccc5ccccc5c4)c4cccc5sc6ccccc6c45)ccc3c3cc4ccccc4cc32)cc1. The molecule has 0 saturated heterocycles. The van der Waals surface area contributed by atoms with Gasteiger partial charge in [0, 0.05) is 48.0 Å². The van der Waals surface area contributed by atoms with Gasteiger partial charge in [-0.1, -0.05) is 103 Å². The topological polar surface area (TPSA) is 8.17 Å². The van der Waals surface area contributed by atoms with Crippen LogP contribution >= 0.6 is 11.3 Å². The van der Waals surface area contributed by atoms with Gasteiger partial charge in [-0.05, 0) is 88.3 Å². The van der Waals surface area contributed by atoms with E-state index >= 15 is 0 Å². The van der Waals surface area contributed by atoms with Gasteiger partial charge in [0.15, 0.2) is 0 Å². The number of hydrogen-bond donors (Lipinski definition) is 0. The van der Waals surface area contributed by atoms with Gasteiger partial charge < -0.3 is 9.47 Å². The number of rotatable bonds is 4. The summed E-state index contributed by atoms with van der Waals surface area (Å²) >= 11 is 1.86. The third-order valence-electron chi connectivity index (χ3n) is 9.50. The van der Waals surface area contributed by atoms with Crippen molar-refractivity contribution in [3.63, 3.8) is 0 Å². The first-order chi connectivity index (χ1) is 23.3. The average molecular weight is 617 g/mol. The van der Waals surface area contributed by atoms with E-state index in [1.807, 2.05) is 11.3 Å². The van der Waals surface area contributed by atoms with Crippen LogP contribution in [-0.4, -0.2) is 4.57 Å². The Labute approximate surface area is 276 Å². The molecule has 10 aromatic rings. The zero-order valence-electron chi connectivity index (χ0n) is 25.5. The van der Waals surface area contributed by atoms with Gasteiger partial charge in [-0.3, -0.25) is 0 Å². The molecule has 0 aliphatic heterocycles. The van der Waals surface area contributed by atoms with Crippen LogP contribution in [0.3, 0.4) is 0 Å². The molecule has 47 heavy (non-hydrogen) atoms. The zero-order valence-corrected chi connectivity index (χ0v) is 26.3. The van der Waals surface area contributed by atoms with Crippen LogP contribution < -0.4 is 4.90 Å². The Balaban J connectivity index is 1.30. The molecule has 2 heterocycles. The van der Waals surface area contributed by atoms with Crippen LogP contribution in [0.5, 0.6) is 0 Å². The molecule has 0 aliphatic carbocycles. The van der Waals surface area contributed by atoms with Crippen molar-refractivity contribution < 1.29 is 0 Å². The van der Waals surface area contributed by atoms with Crippen LogP contribution in [0.4, 0.5) is 17.1 Å². The van der Waals surface area contributed by atoms with Crippen molar-refractivity contribution in [3.8, 4) is 5.69 Å².